The molecular weight excluding hydrogens is 172 g/mol. The molecule has 0 saturated carbocycles. The van der Waals surface area contributed by atoms with E-state index in [1.54, 1.807) is 6.92 Å². The summed E-state index contributed by atoms with van der Waals surface area (Å²) in [5.41, 5.74) is 0. The van der Waals surface area contributed by atoms with Crippen LogP contribution in [0.15, 0.2) is 0 Å². The Morgan fingerprint density at radius 1 is 1.33 bits per heavy atom. The fraction of sp³-hybridized carbons (Fsp3) is 0.889. The van der Waals surface area contributed by atoms with Crippen molar-refractivity contribution in [3.8, 4) is 0 Å². The average Bonchev–Trinajstić information content (AvgIpc) is 1.96. The fourth-order valence-electron chi connectivity index (χ4n) is 0.727. The molecule has 2 nitrogen and oxygen atoms in total. The Labute approximate surface area is 77.2 Å². The van der Waals surface area contributed by atoms with Gasteiger partial charge in [0.2, 0.25) is 0 Å². The number of rotatable bonds is 6. The van der Waals surface area contributed by atoms with Crippen molar-refractivity contribution >= 4 is 16.6 Å². The molecule has 0 aromatic heterocycles. The van der Waals surface area contributed by atoms with Crippen molar-refractivity contribution in [2.75, 3.05) is 11.5 Å². The molecule has 0 aliphatic heterocycles. The summed E-state index contributed by atoms with van der Waals surface area (Å²) in [4.78, 5) is 10.6. The second-order valence-electron chi connectivity index (χ2n) is 3.48. The third kappa shape index (κ3) is 7.92. The van der Waals surface area contributed by atoms with Crippen molar-refractivity contribution < 1.29 is 9.00 Å². The van der Waals surface area contributed by atoms with Gasteiger partial charge in [0, 0.05) is 28.7 Å². The highest BCUT2D eigenvalue weighted by atomic mass is 32.2. The molecule has 0 saturated heterocycles. The van der Waals surface area contributed by atoms with Crippen molar-refractivity contribution in [1.29, 1.82) is 0 Å². The Morgan fingerprint density at radius 3 is 2.33 bits per heavy atom. The normalized spacial score (nSPS) is 13.3. The minimum Gasteiger partial charge on any atom is -0.300 e. The lowest BCUT2D eigenvalue weighted by molar-refractivity contribution is -0.116. The van der Waals surface area contributed by atoms with E-state index >= 15 is 0 Å². The van der Waals surface area contributed by atoms with Crippen LogP contribution in [0.2, 0.25) is 0 Å². The SMILES string of the molecule is CC(=O)CCS(=O)CCC(C)C. The monoisotopic (exact) mass is 190 g/mol. The zero-order chi connectivity index (χ0) is 9.56. The van der Waals surface area contributed by atoms with Crippen LogP contribution in [0.5, 0.6) is 0 Å². The van der Waals surface area contributed by atoms with E-state index in [-0.39, 0.29) is 5.78 Å². The van der Waals surface area contributed by atoms with Gasteiger partial charge in [0.05, 0.1) is 0 Å². The number of ketones is 1. The van der Waals surface area contributed by atoms with Crippen LogP contribution in [0.1, 0.15) is 33.6 Å². The van der Waals surface area contributed by atoms with Gasteiger partial charge in [-0.1, -0.05) is 13.8 Å². The molecule has 0 rings (SSSR count). The quantitative estimate of drug-likeness (QED) is 0.639. The second-order valence-corrected chi connectivity index (χ2v) is 5.18. The van der Waals surface area contributed by atoms with Crippen LogP contribution in [0.25, 0.3) is 0 Å². The minimum absolute atomic E-state index is 0.132. The molecule has 0 radical (unpaired) electrons. The van der Waals surface area contributed by atoms with Gasteiger partial charge in [-0.2, -0.15) is 0 Å². The number of hydrogen-bond donors (Lipinski definition) is 0. The van der Waals surface area contributed by atoms with Gasteiger partial charge in [0.15, 0.2) is 0 Å². The van der Waals surface area contributed by atoms with Crippen LogP contribution < -0.4 is 0 Å². The summed E-state index contributed by atoms with van der Waals surface area (Å²) in [6, 6.07) is 0. The average molecular weight is 190 g/mol. The molecule has 0 aromatic rings. The lowest BCUT2D eigenvalue weighted by atomic mass is 10.2. The molecule has 3 heteroatoms. The molecule has 0 fully saturated rings. The van der Waals surface area contributed by atoms with Crippen molar-refractivity contribution in [2.24, 2.45) is 5.92 Å². The Kier molecular flexibility index (Phi) is 6.25. The molecule has 0 heterocycles. The van der Waals surface area contributed by atoms with Gasteiger partial charge in [0.1, 0.15) is 5.78 Å². The summed E-state index contributed by atoms with van der Waals surface area (Å²) in [5.74, 6) is 2.02. The smallest absolute Gasteiger partial charge is 0.130 e. The molecular formula is C9H18O2S. The molecule has 0 aromatic carbocycles. The maximum Gasteiger partial charge on any atom is 0.130 e. The summed E-state index contributed by atoms with van der Waals surface area (Å²) in [6.07, 6.45) is 1.45. The lowest BCUT2D eigenvalue weighted by Crippen LogP contribution is -2.07. The molecule has 0 aliphatic rings. The molecule has 0 aliphatic carbocycles. The van der Waals surface area contributed by atoms with Crippen LogP contribution in [0, 0.1) is 5.92 Å². The third-order valence-electron chi connectivity index (χ3n) is 1.60. The van der Waals surface area contributed by atoms with E-state index in [1.165, 1.54) is 0 Å². The highest BCUT2D eigenvalue weighted by molar-refractivity contribution is 7.84. The highest BCUT2D eigenvalue weighted by Crippen LogP contribution is 2.01. The predicted molar refractivity (Wildman–Crippen MR) is 52.6 cm³/mol. The van der Waals surface area contributed by atoms with E-state index in [4.69, 9.17) is 0 Å². The topological polar surface area (TPSA) is 34.1 Å². The first-order chi connectivity index (χ1) is 5.52. The van der Waals surface area contributed by atoms with Gasteiger partial charge in [0.25, 0.3) is 0 Å². The molecule has 0 amide bonds. The van der Waals surface area contributed by atoms with Gasteiger partial charge in [-0.3, -0.25) is 9.00 Å². The molecule has 72 valence electrons. The maximum absolute atomic E-state index is 11.2. The first-order valence-electron chi connectivity index (χ1n) is 4.36. The third-order valence-corrected chi connectivity index (χ3v) is 2.96. The molecule has 1 atom stereocenters. The van der Waals surface area contributed by atoms with Gasteiger partial charge in [-0.25, -0.2) is 0 Å². The molecule has 0 bridgehead atoms. The highest BCUT2D eigenvalue weighted by Gasteiger charge is 2.03. The summed E-state index contributed by atoms with van der Waals surface area (Å²) in [6.45, 7) is 5.77. The van der Waals surface area contributed by atoms with Gasteiger partial charge in [-0.05, 0) is 19.3 Å². The van der Waals surface area contributed by atoms with E-state index in [0.717, 1.165) is 12.2 Å². The number of carbonyl (C=O) groups excluding carboxylic acids is 1. The lowest BCUT2D eigenvalue weighted by Gasteiger charge is -2.03. The van der Waals surface area contributed by atoms with Gasteiger partial charge in [-0.15, -0.1) is 0 Å². The van der Waals surface area contributed by atoms with Gasteiger partial charge < -0.3 is 0 Å². The number of hydrogen-bond acceptors (Lipinski definition) is 2. The van der Waals surface area contributed by atoms with Crippen LogP contribution in [0.4, 0.5) is 0 Å². The Balaban J connectivity index is 3.40. The standard InChI is InChI=1S/C9H18O2S/c1-8(2)4-6-12(11)7-5-9(3)10/h8H,4-7H2,1-3H3. The zero-order valence-electron chi connectivity index (χ0n) is 8.13. The number of carbonyl (C=O) groups is 1. The predicted octanol–water partition coefficient (Wildman–Crippen LogP) is 1.76. The van der Waals surface area contributed by atoms with Crippen LogP contribution in [0.3, 0.4) is 0 Å². The van der Waals surface area contributed by atoms with Crippen molar-refractivity contribution in [1.82, 2.24) is 0 Å². The largest absolute Gasteiger partial charge is 0.300 e. The summed E-state index contributed by atoms with van der Waals surface area (Å²) in [5, 5.41) is 0. The number of Topliss-reactive ketones (excluding diaryl/α,β-unsaturated/α-hetero) is 1. The molecule has 0 N–H and O–H groups in total. The first kappa shape index (κ1) is 11.8. The van der Waals surface area contributed by atoms with E-state index in [2.05, 4.69) is 13.8 Å². The summed E-state index contributed by atoms with van der Waals surface area (Å²) in [7, 11) is -0.782. The summed E-state index contributed by atoms with van der Waals surface area (Å²) >= 11 is 0. The van der Waals surface area contributed by atoms with Gasteiger partial charge >= 0.3 is 0 Å². The van der Waals surface area contributed by atoms with E-state index in [1.807, 2.05) is 0 Å². The Bertz CT molecular complexity index is 164. The van der Waals surface area contributed by atoms with Crippen molar-refractivity contribution in [3.05, 3.63) is 0 Å². The van der Waals surface area contributed by atoms with Crippen LogP contribution in [-0.2, 0) is 15.6 Å². The first-order valence-corrected chi connectivity index (χ1v) is 5.85. The maximum atomic E-state index is 11.2. The fourth-order valence-corrected chi connectivity index (χ4v) is 2.18. The summed E-state index contributed by atoms with van der Waals surface area (Å²) < 4.78 is 11.2. The van der Waals surface area contributed by atoms with Crippen LogP contribution >= 0.6 is 0 Å². The Morgan fingerprint density at radius 2 is 1.92 bits per heavy atom. The molecule has 12 heavy (non-hydrogen) atoms. The van der Waals surface area contributed by atoms with Crippen molar-refractivity contribution in [3.63, 3.8) is 0 Å². The molecule has 1 unspecified atom stereocenters. The minimum atomic E-state index is -0.782. The zero-order valence-corrected chi connectivity index (χ0v) is 8.95. The second kappa shape index (κ2) is 6.35. The van der Waals surface area contributed by atoms with E-state index in [9.17, 15) is 9.00 Å². The Hall–Kier alpha value is -0.180. The van der Waals surface area contributed by atoms with E-state index in [0.29, 0.717) is 18.1 Å². The molecule has 0 spiro atoms. The van der Waals surface area contributed by atoms with Crippen LogP contribution in [-0.4, -0.2) is 21.5 Å². The van der Waals surface area contributed by atoms with Crippen molar-refractivity contribution in [2.45, 2.75) is 33.6 Å². The van der Waals surface area contributed by atoms with E-state index < -0.39 is 10.8 Å².